The molecule has 4 aromatic rings. The molecule has 39 heavy (non-hydrogen) atoms. The number of pyridine rings is 1. The van der Waals surface area contributed by atoms with Crippen LogP contribution in [0.25, 0.3) is 16.7 Å². The Morgan fingerprint density at radius 3 is 2.44 bits per heavy atom. The van der Waals surface area contributed by atoms with Gasteiger partial charge >= 0.3 is 5.69 Å². The number of hydrogen-bond acceptors (Lipinski definition) is 5. The monoisotopic (exact) mass is 593 g/mol. The fourth-order valence-electron chi connectivity index (χ4n) is 5.16. The Morgan fingerprint density at radius 1 is 0.949 bits per heavy atom. The number of anilines is 3. The van der Waals surface area contributed by atoms with Gasteiger partial charge in [-0.25, -0.2) is 13.8 Å². The van der Waals surface area contributed by atoms with Crippen LogP contribution in [0.15, 0.2) is 67.4 Å². The fourth-order valence-corrected chi connectivity index (χ4v) is 5.50. The number of halogens is 2. The number of amides is 1. The van der Waals surface area contributed by atoms with Crippen molar-refractivity contribution in [2.24, 2.45) is 7.05 Å². The lowest BCUT2D eigenvalue weighted by atomic mass is 10.1. The summed E-state index contributed by atoms with van der Waals surface area (Å²) in [6.45, 7) is 0.574. The molecule has 3 heterocycles. The number of aryl methyl sites for hydroxylation is 1. The third-order valence-electron chi connectivity index (χ3n) is 7.29. The minimum absolute atomic E-state index is 0.00830. The third-order valence-corrected chi connectivity index (χ3v) is 7.78. The summed E-state index contributed by atoms with van der Waals surface area (Å²) >= 11 is 3.23. The molecule has 1 amide bonds. The quantitative estimate of drug-likeness (QED) is 0.371. The van der Waals surface area contributed by atoms with Gasteiger partial charge in [-0.05, 0) is 62.1 Å². The molecule has 9 nitrogen and oxygen atoms in total. The fraction of sp³-hybridized carbons (Fsp3) is 0.286. The minimum Gasteiger partial charge on any atom is -0.352 e. The molecule has 6 rings (SSSR count). The van der Waals surface area contributed by atoms with Crippen molar-refractivity contribution in [3.8, 4) is 5.69 Å². The Morgan fingerprint density at radius 2 is 1.72 bits per heavy atom. The molecule has 1 aliphatic carbocycles. The van der Waals surface area contributed by atoms with Crippen molar-refractivity contribution in [2.45, 2.75) is 38.1 Å². The van der Waals surface area contributed by atoms with Crippen molar-refractivity contribution in [1.29, 1.82) is 0 Å². The normalized spacial score (nSPS) is 15.7. The van der Waals surface area contributed by atoms with Gasteiger partial charge in [0, 0.05) is 42.3 Å². The van der Waals surface area contributed by atoms with E-state index in [0.717, 1.165) is 12.8 Å². The molecule has 2 aliphatic rings. The van der Waals surface area contributed by atoms with Crippen LogP contribution in [0.5, 0.6) is 0 Å². The summed E-state index contributed by atoms with van der Waals surface area (Å²) in [4.78, 5) is 55.2. The highest BCUT2D eigenvalue weighted by Crippen LogP contribution is 2.34. The summed E-state index contributed by atoms with van der Waals surface area (Å²) in [7, 11) is 1.49. The largest absolute Gasteiger partial charge is 0.352 e. The number of nitrogens with zero attached hydrogens (tertiary/aromatic N) is 4. The minimum atomic E-state index is -0.576. The number of hydrogen-bond donors (Lipinski definition) is 1. The summed E-state index contributed by atoms with van der Waals surface area (Å²) in [5.74, 6) is -0.568. The number of carbonyl (C=O) groups is 1. The summed E-state index contributed by atoms with van der Waals surface area (Å²) in [6.07, 6.45) is 3.53. The lowest BCUT2D eigenvalue weighted by Crippen LogP contribution is -2.41. The second-order valence-electron chi connectivity index (χ2n) is 9.95. The highest BCUT2D eigenvalue weighted by atomic mass is 79.9. The van der Waals surface area contributed by atoms with Gasteiger partial charge in [0.2, 0.25) is 5.91 Å². The maximum Gasteiger partial charge on any atom is 0.337 e. The van der Waals surface area contributed by atoms with Crippen molar-refractivity contribution < 1.29 is 9.18 Å². The van der Waals surface area contributed by atoms with Crippen molar-refractivity contribution in [3.63, 3.8) is 0 Å². The summed E-state index contributed by atoms with van der Waals surface area (Å²) in [5, 5.41) is 3.00. The Kier molecular flexibility index (Phi) is 6.25. The number of piperidine rings is 1. The van der Waals surface area contributed by atoms with Crippen LogP contribution in [0.3, 0.4) is 0 Å². The topological polar surface area (TPSA) is 98.3 Å². The van der Waals surface area contributed by atoms with E-state index in [1.54, 1.807) is 35.2 Å². The van der Waals surface area contributed by atoms with E-state index in [4.69, 9.17) is 0 Å². The van der Waals surface area contributed by atoms with Gasteiger partial charge in [0.25, 0.3) is 11.1 Å². The molecule has 11 heteroatoms. The van der Waals surface area contributed by atoms with Crippen LogP contribution in [0, 0.1) is 5.82 Å². The lowest BCUT2D eigenvalue weighted by molar-refractivity contribution is -0.119. The lowest BCUT2D eigenvalue weighted by Gasteiger charge is -2.27. The smallest absolute Gasteiger partial charge is 0.337 e. The molecular weight excluding hydrogens is 569 g/mol. The molecule has 2 fully saturated rings. The van der Waals surface area contributed by atoms with E-state index in [1.807, 2.05) is 0 Å². The zero-order chi connectivity index (χ0) is 27.4. The number of carbonyl (C=O) groups excluding carboxylic acids is 1. The molecule has 0 bridgehead atoms. The number of nitrogens with one attached hydrogen (secondary N) is 1. The molecule has 1 aliphatic heterocycles. The van der Waals surface area contributed by atoms with Crippen LogP contribution < -0.4 is 27.0 Å². The highest BCUT2D eigenvalue weighted by Gasteiger charge is 2.31. The van der Waals surface area contributed by atoms with E-state index in [9.17, 15) is 23.6 Å². The molecule has 1 saturated carbocycles. The van der Waals surface area contributed by atoms with Crippen LogP contribution in [-0.2, 0) is 11.8 Å². The Hall–Kier alpha value is -3.99. The molecule has 1 saturated heterocycles. The summed E-state index contributed by atoms with van der Waals surface area (Å²) in [5.41, 5.74) is -0.294. The average Bonchev–Trinajstić information content (AvgIpc) is 3.74. The predicted octanol–water partition coefficient (Wildman–Crippen LogP) is 4.35. The first kappa shape index (κ1) is 25.3. The van der Waals surface area contributed by atoms with Gasteiger partial charge in [0.1, 0.15) is 16.9 Å². The van der Waals surface area contributed by atoms with E-state index in [2.05, 4.69) is 21.2 Å². The maximum atomic E-state index is 14.7. The van der Waals surface area contributed by atoms with Crippen LogP contribution in [0.1, 0.15) is 38.1 Å². The molecular formula is C28H25BrFN5O4. The van der Waals surface area contributed by atoms with E-state index < -0.39 is 22.6 Å². The third kappa shape index (κ3) is 4.40. The standard InChI is InChI=1S/C28H25BrFN5O4/c1-32-24(37)15-22(31-21-11-8-16(29)13-20(21)30)25-26(32)34(28(39)35(27(25)38)17-9-10-17)19-6-4-5-18(14-19)33-12-3-2-7-23(33)36/h4-6,8,11,13-15,17,31H,2-3,7,9-10,12H2,1H3. The zero-order valence-electron chi connectivity index (χ0n) is 21.1. The van der Waals surface area contributed by atoms with Crippen molar-refractivity contribution >= 4 is 49.9 Å². The first-order valence-electron chi connectivity index (χ1n) is 12.8. The van der Waals surface area contributed by atoms with E-state index >= 15 is 0 Å². The van der Waals surface area contributed by atoms with Gasteiger partial charge in [-0.2, -0.15) is 0 Å². The van der Waals surface area contributed by atoms with Crippen LogP contribution in [0.2, 0.25) is 0 Å². The first-order valence-corrected chi connectivity index (χ1v) is 13.6. The molecule has 2 aromatic carbocycles. The van der Waals surface area contributed by atoms with E-state index in [-0.39, 0.29) is 34.4 Å². The number of aromatic nitrogens is 3. The van der Waals surface area contributed by atoms with Crippen LogP contribution >= 0.6 is 15.9 Å². The van der Waals surface area contributed by atoms with Gasteiger partial charge in [0.05, 0.1) is 17.1 Å². The zero-order valence-corrected chi connectivity index (χ0v) is 22.7. The van der Waals surface area contributed by atoms with Gasteiger partial charge < -0.3 is 10.2 Å². The Balaban J connectivity index is 1.64. The molecule has 1 N–H and O–H groups in total. The average molecular weight is 594 g/mol. The first-order chi connectivity index (χ1) is 18.7. The second-order valence-corrected chi connectivity index (χ2v) is 10.9. The van der Waals surface area contributed by atoms with Gasteiger partial charge in [0.15, 0.2) is 0 Å². The molecule has 2 aromatic heterocycles. The van der Waals surface area contributed by atoms with E-state index in [1.165, 1.54) is 38.9 Å². The predicted molar refractivity (Wildman–Crippen MR) is 151 cm³/mol. The van der Waals surface area contributed by atoms with Crippen LogP contribution in [-0.4, -0.2) is 26.2 Å². The summed E-state index contributed by atoms with van der Waals surface area (Å²) in [6, 6.07) is 12.4. The summed E-state index contributed by atoms with van der Waals surface area (Å²) < 4.78 is 19.1. The number of benzene rings is 2. The molecule has 0 radical (unpaired) electrons. The Bertz CT molecular complexity index is 1840. The van der Waals surface area contributed by atoms with Crippen molar-refractivity contribution in [1.82, 2.24) is 13.7 Å². The van der Waals surface area contributed by atoms with Crippen molar-refractivity contribution in [2.75, 3.05) is 16.8 Å². The van der Waals surface area contributed by atoms with Gasteiger partial charge in [-0.3, -0.25) is 23.5 Å². The molecule has 0 spiro atoms. The second kappa shape index (κ2) is 9.64. The van der Waals surface area contributed by atoms with Gasteiger partial charge in [-0.1, -0.05) is 22.0 Å². The Labute approximate surface area is 230 Å². The molecule has 200 valence electrons. The van der Waals surface area contributed by atoms with Crippen LogP contribution in [0.4, 0.5) is 21.5 Å². The number of fused-ring (bicyclic) bond motifs is 1. The van der Waals surface area contributed by atoms with Crippen molar-refractivity contribution in [3.05, 3.63) is 90.0 Å². The molecule has 0 unspecified atom stereocenters. The maximum absolute atomic E-state index is 14.7. The van der Waals surface area contributed by atoms with Gasteiger partial charge in [-0.15, -0.1) is 0 Å². The SMILES string of the molecule is Cn1c(=O)cc(Nc2ccc(Br)cc2F)c2c(=O)n(C3CC3)c(=O)n(-c3cccc(N4CCCCC4=O)c3)c21. The van der Waals surface area contributed by atoms with E-state index in [0.29, 0.717) is 41.7 Å². The highest BCUT2D eigenvalue weighted by molar-refractivity contribution is 9.10. The number of rotatable bonds is 5. The molecule has 0 atom stereocenters.